The zero-order valence-corrected chi connectivity index (χ0v) is 19.8. The summed E-state index contributed by atoms with van der Waals surface area (Å²) in [5.74, 6) is -0.160. The smallest absolute Gasteiger partial charge is 0.392 e. The number of halogens is 3. The van der Waals surface area contributed by atoms with Gasteiger partial charge in [-0.2, -0.15) is 13.2 Å². The van der Waals surface area contributed by atoms with E-state index >= 15 is 0 Å². The summed E-state index contributed by atoms with van der Waals surface area (Å²) in [6, 6.07) is 2.15. The highest BCUT2D eigenvalue weighted by Gasteiger charge is 2.38. The molecule has 0 spiro atoms. The van der Waals surface area contributed by atoms with E-state index in [0.29, 0.717) is 16.9 Å². The average molecular weight is 502 g/mol. The van der Waals surface area contributed by atoms with Crippen molar-refractivity contribution in [1.29, 1.82) is 0 Å². The lowest BCUT2D eigenvalue weighted by molar-refractivity contribution is -0.142. The van der Waals surface area contributed by atoms with Gasteiger partial charge in [0, 0.05) is 18.0 Å². The number of H-pyrrole nitrogens is 1. The van der Waals surface area contributed by atoms with Gasteiger partial charge in [-0.1, -0.05) is 20.8 Å². The van der Waals surface area contributed by atoms with Crippen LogP contribution in [0.1, 0.15) is 62.0 Å². The molecule has 0 saturated heterocycles. The Morgan fingerprint density at radius 3 is 2.41 bits per heavy atom. The summed E-state index contributed by atoms with van der Waals surface area (Å²) in [5, 5.41) is 22.4. The topological polar surface area (TPSA) is 141 Å². The lowest BCUT2D eigenvalue weighted by atomic mass is 10.0. The molecule has 2 atom stereocenters. The summed E-state index contributed by atoms with van der Waals surface area (Å²) in [4.78, 5) is 15.0. The Kier molecular flexibility index (Phi) is 7.20. The Hall–Kier alpha value is -2.77. The number of hydrogen-bond acceptors (Lipinski definition) is 8. The molecule has 186 valence electrons. The van der Waals surface area contributed by atoms with Crippen LogP contribution in [0.25, 0.3) is 11.0 Å². The van der Waals surface area contributed by atoms with Crippen molar-refractivity contribution in [1.82, 2.24) is 19.9 Å². The molecule has 13 heteroatoms. The highest BCUT2D eigenvalue weighted by Crippen LogP contribution is 2.35. The summed E-state index contributed by atoms with van der Waals surface area (Å²) in [7, 11) is -3.62. The Labute approximate surface area is 194 Å². The number of sulfone groups is 1. The predicted molar refractivity (Wildman–Crippen MR) is 119 cm³/mol. The zero-order valence-electron chi connectivity index (χ0n) is 19.0. The molecular formula is C21H26F3N5O4S. The van der Waals surface area contributed by atoms with Crippen molar-refractivity contribution in [2.24, 2.45) is 5.92 Å². The molecular weight excluding hydrogens is 475 g/mol. The predicted octanol–water partition coefficient (Wildman–Crippen LogP) is 3.52. The zero-order chi connectivity index (χ0) is 25.4. The van der Waals surface area contributed by atoms with E-state index < -0.39 is 46.0 Å². The average Bonchev–Trinajstić information content (AvgIpc) is 3.17. The van der Waals surface area contributed by atoms with E-state index in [1.165, 1.54) is 12.1 Å². The van der Waals surface area contributed by atoms with Crippen LogP contribution in [0.3, 0.4) is 0 Å². The van der Waals surface area contributed by atoms with Crippen LogP contribution >= 0.6 is 0 Å². The molecule has 4 N–H and O–H groups in total. The number of aliphatic hydroxyl groups excluding tert-OH is 2. The first-order valence-corrected chi connectivity index (χ1v) is 12.4. The number of benzene rings is 1. The largest absolute Gasteiger partial charge is 0.433 e. The van der Waals surface area contributed by atoms with Crippen LogP contribution in [0.15, 0.2) is 23.2 Å². The summed E-state index contributed by atoms with van der Waals surface area (Å²) in [5.41, 5.74) is -0.662. The summed E-state index contributed by atoms with van der Waals surface area (Å²) in [6.07, 6.45) is -4.10. The number of hydrogen-bond donors (Lipinski definition) is 4. The van der Waals surface area contributed by atoms with Crippen LogP contribution in [-0.2, 0) is 22.6 Å². The maximum atomic E-state index is 13.6. The minimum absolute atomic E-state index is 0.0576. The Morgan fingerprint density at radius 1 is 1.21 bits per heavy atom. The van der Waals surface area contributed by atoms with Crippen molar-refractivity contribution in [3.63, 3.8) is 0 Å². The molecule has 2 heterocycles. The first-order chi connectivity index (χ1) is 15.8. The fourth-order valence-corrected chi connectivity index (χ4v) is 4.49. The highest BCUT2D eigenvalue weighted by atomic mass is 32.2. The van der Waals surface area contributed by atoms with Crippen molar-refractivity contribution >= 4 is 26.8 Å². The van der Waals surface area contributed by atoms with Crippen molar-refractivity contribution in [2.75, 3.05) is 11.6 Å². The fourth-order valence-electron chi connectivity index (χ4n) is 3.56. The Morgan fingerprint density at radius 2 is 1.88 bits per heavy atom. The van der Waals surface area contributed by atoms with E-state index in [9.17, 15) is 31.8 Å². The first kappa shape index (κ1) is 25.8. The van der Waals surface area contributed by atoms with Crippen molar-refractivity contribution in [3.8, 4) is 0 Å². The molecule has 3 aromatic rings. The number of nitrogens with zero attached hydrogens (tertiary/aromatic N) is 3. The van der Waals surface area contributed by atoms with E-state index in [1.54, 1.807) is 6.92 Å². The Balaban J connectivity index is 2.05. The quantitative estimate of drug-likeness (QED) is 0.367. The van der Waals surface area contributed by atoms with Crippen molar-refractivity contribution < 1.29 is 31.8 Å². The van der Waals surface area contributed by atoms with Crippen LogP contribution < -0.4 is 5.32 Å². The minimum Gasteiger partial charge on any atom is -0.392 e. The third-order valence-corrected chi connectivity index (χ3v) is 6.51. The third-order valence-electron chi connectivity index (χ3n) is 5.33. The molecule has 0 bridgehead atoms. The number of imidazole rings is 1. The van der Waals surface area contributed by atoms with E-state index in [1.807, 2.05) is 13.8 Å². The van der Waals surface area contributed by atoms with Crippen molar-refractivity contribution in [2.45, 2.75) is 57.0 Å². The van der Waals surface area contributed by atoms with Crippen LogP contribution in [0.2, 0.25) is 0 Å². The van der Waals surface area contributed by atoms with Gasteiger partial charge in [0.2, 0.25) is 5.95 Å². The number of rotatable bonds is 8. The third kappa shape index (κ3) is 5.31. The van der Waals surface area contributed by atoms with Crippen LogP contribution in [0.4, 0.5) is 19.1 Å². The number of anilines is 1. The number of alkyl halides is 3. The summed E-state index contributed by atoms with van der Waals surface area (Å²) < 4.78 is 64.9. The second-order valence-electron chi connectivity index (χ2n) is 8.31. The first-order valence-electron chi connectivity index (χ1n) is 10.5. The van der Waals surface area contributed by atoms with Crippen LogP contribution in [0, 0.1) is 5.92 Å². The van der Waals surface area contributed by atoms with Crippen LogP contribution in [-0.4, -0.2) is 44.8 Å². The Bertz CT molecular complexity index is 1290. The summed E-state index contributed by atoms with van der Waals surface area (Å²) in [6.45, 7) is 4.67. The van der Waals surface area contributed by atoms with E-state index in [4.69, 9.17) is 0 Å². The number of aromatic nitrogens is 4. The van der Waals surface area contributed by atoms with Gasteiger partial charge in [0.1, 0.15) is 5.82 Å². The van der Waals surface area contributed by atoms with Gasteiger partial charge in [0.25, 0.3) is 0 Å². The molecule has 0 aliphatic heterocycles. The number of nitrogens with one attached hydrogen (secondary N) is 2. The molecule has 0 aliphatic carbocycles. The maximum Gasteiger partial charge on any atom is 0.433 e. The lowest BCUT2D eigenvalue weighted by Crippen LogP contribution is -2.22. The number of aliphatic hydroxyl groups is 2. The molecule has 34 heavy (non-hydrogen) atoms. The van der Waals surface area contributed by atoms with Gasteiger partial charge >= 0.3 is 6.18 Å². The second kappa shape index (κ2) is 9.47. The highest BCUT2D eigenvalue weighted by molar-refractivity contribution is 7.90. The van der Waals surface area contributed by atoms with Gasteiger partial charge in [0.05, 0.1) is 34.7 Å². The van der Waals surface area contributed by atoms with Gasteiger partial charge < -0.3 is 20.5 Å². The fraction of sp³-hybridized carbons (Fsp3) is 0.476. The number of aromatic amines is 1. The molecule has 0 unspecified atom stereocenters. The maximum absolute atomic E-state index is 13.6. The molecule has 0 saturated carbocycles. The normalized spacial score (nSPS) is 14.5. The summed E-state index contributed by atoms with van der Waals surface area (Å²) >= 11 is 0. The van der Waals surface area contributed by atoms with E-state index in [0.717, 1.165) is 12.5 Å². The van der Waals surface area contributed by atoms with Crippen LogP contribution in [0.5, 0.6) is 0 Å². The standard InChI is InChI=1S/C21H26F3N5O4S/c1-5-15(31)12-8-25-20(29-18(12)21(22,23)24)28-17(10(2)3)19-26-13-6-11(9-30)16(34(4,32)33)7-14(13)27-19/h6-8,10,15,17,30-31H,5,9H2,1-4H3,(H,26,27)(H,25,28,29)/t15-,17+/m0/s1. The van der Waals surface area contributed by atoms with Gasteiger partial charge in [-0.15, -0.1) is 0 Å². The molecule has 2 aromatic heterocycles. The molecule has 3 rings (SSSR count). The van der Waals surface area contributed by atoms with Gasteiger partial charge in [-0.3, -0.25) is 0 Å². The van der Waals surface area contributed by atoms with Gasteiger partial charge in [0.15, 0.2) is 15.5 Å². The monoisotopic (exact) mass is 501 g/mol. The molecule has 0 aliphatic rings. The molecule has 0 radical (unpaired) electrons. The molecule has 9 nitrogen and oxygen atoms in total. The molecule has 0 amide bonds. The second-order valence-corrected chi connectivity index (χ2v) is 10.3. The minimum atomic E-state index is -4.79. The van der Waals surface area contributed by atoms with Gasteiger partial charge in [-0.25, -0.2) is 23.4 Å². The van der Waals surface area contributed by atoms with E-state index in [2.05, 4.69) is 25.3 Å². The van der Waals surface area contributed by atoms with Gasteiger partial charge in [-0.05, 0) is 30.0 Å². The van der Waals surface area contributed by atoms with Crippen molar-refractivity contribution in [3.05, 3.63) is 41.0 Å². The lowest BCUT2D eigenvalue weighted by Gasteiger charge is -2.22. The number of fused-ring (bicyclic) bond motifs is 1. The van der Waals surface area contributed by atoms with E-state index in [-0.39, 0.29) is 28.7 Å². The molecule has 1 aromatic carbocycles. The SMILES string of the molecule is CC[C@H](O)c1cnc(N[C@@H](c2nc3cc(S(C)(=O)=O)c(CO)cc3[nH]2)C(C)C)nc1C(F)(F)F. The molecule has 0 fully saturated rings.